The van der Waals surface area contributed by atoms with Gasteiger partial charge in [0.05, 0.1) is 22.5 Å². The number of amides is 2. The van der Waals surface area contributed by atoms with Crippen molar-refractivity contribution in [1.29, 1.82) is 0 Å². The van der Waals surface area contributed by atoms with Crippen molar-refractivity contribution in [1.82, 2.24) is 15.1 Å². The summed E-state index contributed by atoms with van der Waals surface area (Å²) in [7, 11) is 0. The third-order valence-corrected chi connectivity index (χ3v) is 6.00. The molecular weight excluding hydrogens is 385 g/mol. The van der Waals surface area contributed by atoms with Gasteiger partial charge in [0, 0.05) is 39.1 Å². The first kappa shape index (κ1) is 20.2. The molecule has 0 spiro atoms. The van der Waals surface area contributed by atoms with Crippen molar-refractivity contribution in [3.63, 3.8) is 0 Å². The highest BCUT2D eigenvalue weighted by molar-refractivity contribution is 6.42. The summed E-state index contributed by atoms with van der Waals surface area (Å²) < 4.78 is 0. The lowest BCUT2D eigenvalue weighted by Crippen LogP contribution is -2.58. The van der Waals surface area contributed by atoms with Crippen LogP contribution in [0.3, 0.4) is 0 Å². The van der Waals surface area contributed by atoms with E-state index in [1.807, 2.05) is 15.9 Å². The molecule has 0 aromatic heterocycles. The second-order valence-electron chi connectivity index (χ2n) is 7.18. The highest BCUT2D eigenvalue weighted by atomic mass is 35.5. The first-order valence-corrected chi connectivity index (χ1v) is 10.1. The maximum absolute atomic E-state index is 13.0. The fourth-order valence-electron chi connectivity index (χ4n) is 3.77. The van der Waals surface area contributed by atoms with Crippen LogP contribution in [0, 0.1) is 0 Å². The SMILES string of the molecule is CC(=O)N1CCN(C(=O)Cc2ccc(Cl)c(Cl)c2)C(CC2CC=CCN2)C1. The zero-order valence-electron chi connectivity index (χ0n) is 15.5. The standard InChI is InChI=1S/C20H25Cl2N3O2/c1-14(26)24-8-9-25(17(13-24)12-16-4-2-3-7-23-16)20(27)11-15-5-6-18(21)19(22)10-15/h2-3,5-6,10,16-17,23H,4,7-9,11-13H2,1H3. The van der Waals surface area contributed by atoms with E-state index in [9.17, 15) is 9.59 Å². The zero-order chi connectivity index (χ0) is 19.4. The molecule has 1 fully saturated rings. The molecule has 1 N–H and O–H groups in total. The molecule has 27 heavy (non-hydrogen) atoms. The van der Waals surface area contributed by atoms with Crippen molar-refractivity contribution in [2.24, 2.45) is 0 Å². The summed E-state index contributed by atoms with van der Waals surface area (Å²) >= 11 is 12.0. The molecular formula is C20H25Cl2N3O2. The van der Waals surface area contributed by atoms with Gasteiger partial charge in [0.1, 0.15) is 0 Å². The fraction of sp³-hybridized carbons (Fsp3) is 0.500. The number of hydrogen-bond acceptors (Lipinski definition) is 3. The van der Waals surface area contributed by atoms with Crippen molar-refractivity contribution < 1.29 is 9.59 Å². The molecule has 1 saturated heterocycles. The van der Waals surface area contributed by atoms with Crippen molar-refractivity contribution >= 4 is 35.0 Å². The van der Waals surface area contributed by atoms with E-state index < -0.39 is 0 Å². The van der Waals surface area contributed by atoms with Gasteiger partial charge in [-0.2, -0.15) is 0 Å². The Labute approximate surface area is 170 Å². The van der Waals surface area contributed by atoms with Crippen LogP contribution in [0.2, 0.25) is 10.0 Å². The topological polar surface area (TPSA) is 52.7 Å². The maximum Gasteiger partial charge on any atom is 0.227 e. The normalized spacial score (nSPS) is 22.8. The highest BCUT2D eigenvalue weighted by Gasteiger charge is 2.33. The molecule has 2 unspecified atom stereocenters. The van der Waals surface area contributed by atoms with Gasteiger partial charge >= 0.3 is 0 Å². The Morgan fingerprint density at radius 3 is 2.67 bits per heavy atom. The van der Waals surface area contributed by atoms with Crippen LogP contribution in [-0.4, -0.2) is 59.9 Å². The van der Waals surface area contributed by atoms with Gasteiger partial charge in [-0.15, -0.1) is 0 Å². The molecule has 0 saturated carbocycles. The predicted molar refractivity (Wildman–Crippen MR) is 108 cm³/mol. The predicted octanol–water partition coefficient (Wildman–Crippen LogP) is 2.90. The van der Waals surface area contributed by atoms with Gasteiger partial charge in [0.15, 0.2) is 0 Å². The number of carbonyl (C=O) groups excluding carboxylic acids is 2. The number of benzene rings is 1. The van der Waals surface area contributed by atoms with Gasteiger partial charge < -0.3 is 15.1 Å². The minimum Gasteiger partial charge on any atom is -0.339 e. The summed E-state index contributed by atoms with van der Waals surface area (Å²) in [6.45, 7) is 4.17. The molecule has 7 heteroatoms. The van der Waals surface area contributed by atoms with E-state index >= 15 is 0 Å². The van der Waals surface area contributed by atoms with Crippen LogP contribution in [0.15, 0.2) is 30.4 Å². The summed E-state index contributed by atoms with van der Waals surface area (Å²) in [6, 6.07) is 5.64. The minimum atomic E-state index is 0.0157. The molecule has 2 heterocycles. The number of halogens is 2. The molecule has 5 nitrogen and oxygen atoms in total. The summed E-state index contributed by atoms with van der Waals surface area (Å²) in [5, 5.41) is 4.41. The zero-order valence-corrected chi connectivity index (χ0v) is 17.0. The lowest BCUT2D eigenvalue weighted by atomic mass is 9.97. The third kappa shape index (κ3) is 5.24. The lowest BCUT2D eigenvalue weighted by molar-refractivity contribution is -0.141. The van der Waals surface area contributed by atoms with Crippen molar-refractivity contribution in [3.8, 4) is 0 Å². The largest absolute Gasteiger partial charge is 0.339 e. The van der Waals surface area contributed by atoms with Crippen LogP contribution in [0.5, 0.6) is 0 Å². The Bertz CT molecular complexity index is 738. The van der Waals surface area contributed by atoms with Crippen LogP contribution >= 0.6 is 23.2 Å². The summed E-state index contributed by atoms with van der Waals surface area (Å²) in [5.41, 5.74) is 0.848. The van der Waals surface area contributed by atoms with Gasteiger partial charge in [0.25, 0.3) is 0 Å². The molecule has 2 atom stereocenters. The molecule has 146 valence electrons. The second-order valence-corrected chi connectivity index (χ2v) is 7.99. The fourth-order valence-corrected chi connectivity index (χ4v) is 4.09. The number of rotatable bonds is 4. The van der Waals surface area contributed by atoms with Gasteiger partial charge in [0.2, 0.25) is 11.8 Å². The molecule has 2 amide bonds. The monoisotopic (exact) mass is 409 g/mol. The van der Waals surface area contributed by atoms with Crippen LogP contribution < -0.4 is 5.32 Å². The number of nitrogens with zero attached hydrogens (tertiary/aromatic N) is 2. The number of carbonyl (C=O) groups is 2. The van der Waals surface area contributed by atoms with E-state index in [2.05, 4.69) is 17.5 Å². The van der Waals surface area contributed by atoms with Crippen molar-refractivity contribution in [2.45, 2.75) is 38.3 Å². The van der Waals surface area contributed by atoms with Crippen LogP contribution in [0.4, 0.5) is 0 Å². The average Bonchev–Trinajstić information content (AvgIpc) is 2.65. The molecule has 3 rings (SSSR count). The summed E-state index contributed by atoms with van der Waals surface area (Å²) in [4.78, 5) is 28.6. The van der Waals surface area contributed by atoms with Gasteiger partial charge in [-0.05, 0) is 30.5 Å². The van der Waals surface area contributed by atoms with Crippen LogP contribution in [0.25, 0.3) is 0 Å². The first-order chi connectivity index (χ1) is 12.9. The van der Waals surface area contributed by atoms with Crippen LogP contribution in [0.1, 0.15) is 25.3 Å². The van der Waals surface area contributed by atoms with Crippen molar-refractivity contribution in [2.75, 3.05) is 26.2 Å². The Morgan fingerprint density at radius 1 is 1.19 bits per heavy atom. The molecule has 0 aliphatic carbocycles. The number of hydrogen-bond donors (Lipinski definition) is 1. The highest BCUT2D eigenvalue weighted by Crippen LogP contribution is 2.24. The Morgan fingerprint density at radius 2 is 2.00 bits per heavy atom. The van der Waals surface area contributed by atoms with Gasteiger partial charge in [-0.25, -0.2) is 0 Å². The van der Waals surface area contributed by atoms with Crippen LogP contribution in [-0.2, 0) is 16.0 Å². The Hall–Kier alpha value is -1.56. The molecule has 0 radical (unpaired) electrons. The number of piperazine rings is 1. The molecule has 2 aliphatic rings. The third-order valence-electron chi connectivity index (χ3n) is 5.26. The Balaban J connectivity index is 1.71. The van der Waals surface area contributed by atoms with E-state index in [0.717, 1.165) is 24.9 Å². The molecule has 0 bridgehead atoms. The van der Waals surface area contributed by atoms with E-state index in [-0.39, 0.29) is 24.3 Å². The molecule has 2 aliphatic heterocycles. The van der Waals surface area contributed by atoms with E-state index in [4.69, 9.17) is 23.2 Å². The summed E-state index contributed by atoms with van der Waals surface area (Å²) in [5.74, 6) is 0.126. The van der Waals surface area contributed by atoms with Gasteiger partial charge in [-0.1, -0.05) is 41.4 Å². The first-order valence-electron chi connectivity index (χ1n) is 9.31. The number of nitrogens with one attached hydrogen (secondary N) is 1. The summed E-state index contributed by atoms with van der Waals surface area (Å²) in [6.07, 6.45) is 6.36. The van der Waals surface area contributed by atoms with E-state index in [1.165, 1.54) is 0 Å². The second kappa shape index (κ2) is 9.09. The molecule has 1 aromatic rings. The lowest BCUT2D eigenvalue weighted by Gasteiger charge is -2.43. The maximum atomic E-state index is 13.0. The molecule has 1 aromatic carbocycles. The minimum absolute atomic E-state index is 0.0157. The van der Waals surface area contributed by atoms with E-state index in [1.54, 1.807) is 19.1 Å². The Kier molecular flexibility index (Phi) is 6.79. The van der Waals surface area contributed by atoms with E-state index in [0.29, 0.717) is 35.7 Å². The smallest absolute Gasteiger partial charge is 0.227 e. The quantitative estimate of drug-likeness (QED) is 0.777. The van der Waals surface area contributed by atoms with Gasteiger partial charge in [-0.3, -0.25) is 9.59 Å². The van der Waals surface area contributed by atoms with Crippen molar-refractivity contribution in [3.05, 3.63) is 46.0 Å². The average molecular weight is 410 g/mol.